The van der Waals surface area contributed by atoms with Crippen molar-refractivity contribution in [1.29, 1.82) is 0 Å². The minimum Gasteiger partial charge on any atom is -0.497 e. The summed E-state index contributed by atoms with van der Waals surface area (Å²) in [5.41, 5.74) is 2.04. The lowest BCUT2D eigenvalue weighted by Gasteiger charge is -2.22. The molecule has 1 heterocycles. The number of benzene rings is 2. The van der Waals surface area contributed by atoms with Gasteiger partial charge in [-0.3, -0.25) is 9.69 Å². The molecule has 4 nitrogen and oxygen atoms in total. The summed E-state index contributed by atoms with van der Waals surface area (Å²) < 4.78 is 6.00. The number of hydrogen-bond donors (Lipinski definition) is 1. The highest BCUT2D eigenvalue weighted by Gasteiger charge is 2.18. The van der Waals surface area contributed by atoms with Crippen LogP contribution in [-0.4, -0.2) is 31.5 Å². The zero-order valence-electron chi connectivity index (χ0n) is 15.9. The van der Waals surface area contributed by atoms with Crippen LogP contribution in [0, 0.1) is 0 Å². The van der Waals surface area contributed by atoms with E-state index >= 15 is 0 Å². The number of carbonyl (C=O) groups excluding carboxylic acids is 1. The van der Waals surface area contributed by atoms with Crippen LogP contribution in [0.5, 0.6) is 5.75 Å². The van der Waals surface area contributed by atoms with Crippen molar-refractivity contribution in [3.63, 3.8) is 0 Å². The quantitative estimate of drug-likeness (QED) is 0.578. The Morgan fingerprint density at radius 1 is 1.07 bits per heavy atom. The molecular weight excluding hydrogens is 392 g/mol. The molecule has 0 aliphatic carbocycles. The fourth-order valence-corrected chi connectivity index (χ4v) is 4.18. The van der Waals surface area contributed by atoms with Gasteiger partial charge < -0.3 is 10.1 Å². The van der Waals surface area contributed by atoms with Gasteiger partial charge in [-0.2, -0.15) is 0 Å². The average molecular weight is 415 g/mol. The van der Waals surface area contributed by atoms with E-state index in [2.05, 4.69) is 5.32 Å². The molecule has 0 spiro atoms. The molecule has 0 saturated heterocycles. The van der Waals surface area contributed by atoms with Gasteiger partial charge in [-0.15, -0.1) is 11.3 Å². The van der Waals surface area contributed by atoms with Gasteiger partial charge in [-0.1, -0.05) is 54.1 Å². The van der Waals surface area contributed by atoms with E-state index in [0.29, 0.717) is 13.1 Å². The van der Waals surface area contributed by atoms with Crippen LogP contribution in [0.1, 0.15) is 22.0 Å². The third-order valence-electron chi connectivity index (χ3n) is 4.36. The molecule has 0 fully saturated rings. The first-order chi connectivity index (χ1) is 13.5. The molecule has 0 bridgehead atoms. The van der Waals surface area contributed by atoms with Gasteiger partial charge in [0.05, 0.1) is 24.0 Å². The highest BCUT2D eigenvalue weighted by atomic mass is 35.5. The maximum atomic E-state index is 12.7. The average Bonchev–Trinajstić information content (AvgIpc) is 3.11. The minimum atomic E-state index is -0.218. The highest BCUT2D eigenvalue weighted by molar-refractivity contribution is 7.16. The number of nitrogens with one attached hydrogen (secondary N) is 1. The summed E-state index contributed by atoms with van der Waals surface area (Å²) in [7, 11) is 3.57. The Morgan fingerprint density at radius 3 is 2.36 bits per heavy atom. The Hall–Kier alpha value is -2.34. The molecule has 28 heavy (non-hydrogen) atoms. The third-order valence-corrected chi connectivity index (χ3v) is 5.57. The molecule has 2 aromatic carbocycles. The monoisotopic (exact) mass is 414 g/mol. The molecule has 0 saturated carbocycles. The number of ether oxygens (including phenoxy) is 1. The van der Waals surface area contributed by atoms with Crippen molar-refractivity contribution in [3.8, 4) is 5.75 Å². The number of amides is 1. The lowest BCUT2D eigenvalue weighted by Crippen LogP contribution is -2.37. The normalized spacial score (nSPS) is 12.0. The van der Waals surface area contributed by atoms with Crippen LogP contribution in [0.15, 0.2) is 66.7 Å². The molecule has 0 aliphatic heterocycles. The first-order valence-corrected chi connectivity index (χ1v) is 10.2. The minimum absolute atomic E-state index is 0.0326. The molecule has 3 rings (SSSR count). The second-order valence-electron chi connectivity index (χ2n) is 6.56. The summed E-state index contributed by atoms with van der Waals surface area (Å²) in [5.74, 6) is 0.756. The van der Waals surface area contributed by atoms with Gasteiger partial charge in [0.15, 0.2) is 0 Å². The van der Waals surface area contributed by atoms with E-state index in [4.69, 9.17) is 16.3 Å². The molecule has 0 unspecified atom stereocenters. The van der Waals surface area contributed by atoms with E-state index in [1.807, 2.05) is 78.7 Å². The number of nitrogens with zero attached hydrogens (tertiary/aromatic N) is 1. The van der Waals surface area contributed by atoms with Crippen molar-refractivity contribution in [2.75, 3.05) is 20.7 Å². The molecule has 6 heteroatoms. The third kappa shape index (κ3) is 5.58. The van der Waals surface area contributed by atoms with Gasteiger partial charge in [0.25, 0.3) is 0 Å². The van der Waals surface area contributed by atoms with Crippen LogP contribution in [0.4, 0.5) is 0 Å². The molecule has 3 aromatic rings. The van der Waals surface area contributed by atoms with E-state index < -0.39 is 0 Å². The van der Waals surface area contributed by atoms with Gasteiger partial charge in [-0.05, 0) is 42.4 Å². The molecule has 1 N–H and O–H groups in total. The molecular formula is C22H23ClN2O2S. The van der Waals surface area contributed by atoms with Gasteiger partial charge in [0.1, 0.15) is 5.75 Å². The van der Waals surface area contributed by atoms with Crippen LogP contribution < -0.4 is 10.1 Å². The fourth-order valence-electron chi connectivity index (χ4n) is 3.01. The zero-order valence-corrected chi connectivity index (χ0v) is 17.5. The first kappa shape index (κ1) is 20.4. The van der Waals surface area contributed by atoms with E-state index in [1.54, 1.807) is 7.11 Å². The van der Waals surface area contributed by atoms with Crippen molar-refractivity contribution in [3.05, 3.63) is 87.1 Å². The van der Waals surface area contributed by atoms with Gasteiger partial charge in [0.2, 0.25) is 5.91 Å². The number of hydrogen-bond acceptors (Lipinski definition) is 4. The molecule has 0 aliphatic rings. The number of methoxy groups -OCH3 is 1. The predicted octanol–water partition coefficient (Wildman–Crippen LogP) is 4.75. The Morgan fingerprint density at radius 2 is 1.75 bits per heavy atom. The topological polar surface area (TPSA) is 41.6 Å². The maximum Gasteiger partial charge on any atom is 0.234 e. The summed E-state index contributed by atoms with van der Waals surface area (Å²) in [6.07, 6.45) is 0. The molecule has 1 aromatic heterocycles. The van der Waals surface area contributed by atoms with Crippen LogP contribution in [0.3, 0.4) is 0 Å². The Bertz CT molecular complexity index is 896. The SMILES string of the molecule is COc1ccc([C@H](NC(=O)CN(C)Cc2ccc(Cl)s2)c2ccccc2)cc1. The fraction of sp³-hybridized carbons (Fsp3) is 0.227. The van der Waals surface area contributed by atoms with Crippen LogP contribution >= 0.6 is 22.9 Å². The van der Waals surface area contributed by atoms with Gasteiger partial charge >= 0.3 is 0 Å². The number of halogens is 1. The summed E-state index contributed by atoms with van der Waals surface area (Å²) >= 11 is 7.52. The summed E-state index contributed by atoms with van der Waals surface area (Å²) in [4.78, 5) is 15.8. The number of likely N-dealkylation sites (N-methyl/N-ethyl adjacent to an activating group) is 1. The van der Waals surface area contributed by atoms with E-state index in [0.717, 1.165) is 26.1 Å². The van der Waals surface area contributed by atoms with E-state index in [9.17, 15) is 4.79 Å². The van der Waals surface area contributed by atoms with Crippen molar-refractivity contribution in [1.82, 2.24) is 10.2 Å². The smallest absolute Gasteiger partial charge is 0.234 e. The van der Waals surface area contributed by atoms with Crippen molar-refractivity contribution >= 4 is 28.8 Å². The zero-order chi connectivity index (χ0) is 19.9. The number of carbonyl (C=O) groups is 1. The molecule has 1 amide bonds. The van der Waals surface area contributed by atoms with Crippen molar-refractivity contribution in [2.24, 2.45) is 0 Å². The number of thiophene rings is 1. The molecule has 0 radical (unpaired) electrons. The lowest BCUT2D eigenvalue weighted by atomic mass is 9.98. The molecule has 1 atom stereocenters. The summed E-state index contributed by atoms with van der Waals surface area (Å²) in [6, 6.07) is 21.4. The Balaban J connectivity index is 1.70. The lowest BCUT2D eigenvalue weighted by molar-refractivity contribution is -0.122. The van der Waals surface area contributed by atoms with E-state index in [1.165, 1.54) is 11.3 Å². The first-order valence-electron chi connectivity index (χ1n) is 8.96. The van der Waals surface area contributed by atoms with Crippen molar-refractivity contribution < 1.29 is 9.53 Å². The summed E-state index contributed by atoms with van der Waals surface area (Å²) in [6.45, 7) is 0.984. The Labute approximate surface area is 174 Å². The van der Waals surface area contributed by atoms with Crippen LogP contribution in [0.2, 0.25) is 4.34 Å². The van der Waals surface area contributed by atoms with Crippen molar-refractivity contribution in [2.45, 2.75) is 12.6 Å². The summed E-state index contributed by atoms with van der Waals surface area (Å²) in [5, 5.41) is 3.16. The van der Waals surface area contributed by atoms with Gasteiger partial charge in [-0.25, -0.2) is 0 Å². The van der Waals surface area contributed by atoms with E-state index in [-0.39, 0.29) is 11.9 Å². The van der Waals surface area contributed by atoms with Crippen LogP contribution in [0.25, 0.3) is 0 Å². The molecule has 146 valence electrons. The van der Waals surface area contributed by atoms with Crippen LogP contribution in [-0.2, 0) is 11.3 Å². The predicted molar refractivity (Wildman–Crippen MR) is 115 cm³/mol. The number of rotatable bonds is 8. The second-order valence-corrected chi connectivity index (χ2v) is 8.36. The van der Waals surface area contributed by atoms with Gasteiger partial charge in [0, 0.05) is 11.4 Å². The highest BCUT2D eigenvalue weighted by Crippen LogP contribution is 2.25. The second kappa shape index (κ2) is 9.73. The maximum absolute atomic E-state index is 12.7. The Kier molecular flexibility index (Phi) is 7.09. The largest absolute Gasteiger partial charge is 0.497 e. The standard InChI is InChI=1S/C22H23ClN2O2S/c1-25(14-19-12-13-20(23)28-19)15-21(26)24-22(16-6-4-3-5-7-16)17-8-10-18(27-2)11-9-17/h3-13,22H,14-15H2,1-2H3,(H,24,26)/t22-/m1/s1.